The van der Waals surface area contributed by atoms with E-state index in [4.69, 9.17) is 5.73 Å². The summed E-state index contributed by atoms with van der Waals surface area (Å²) in [4.78, 5) is 4.31. The molecule has 3 nitrogen and oxygen atoms in total. The summed E-state index contributed by atoms with van der Waals surface area (Å²) in [6, 6.07) is 6.06. The molecule has 2 N–H and O–H groups in total. The van der Waals surface area contributed by atoms with Gasteiger partial charge in [-0.2, -0.15) is 0 Å². The molecule has 0 amide bonds. The highest BCUT2D eigenvalue weighted by molar-refractivity contribution is 5.53. The van der Waals surface area contributed by atoms with E-state index in [-0.39, 0.29) is 0 Å². The maximum Gasteiger partial charge on any atom is 0.113 e. The SMILES string of the molecule is Nc1ccc2c(c1)CCc1nccn1-2. The molecule has 2 aromatic rings. The lowest BCUT2D eigenvalue weighted by atomic mass is 10.0. The van der Waals surface area contributed by atoms with E-state index in [1.54, 1.807) is 0 Å². The van der Waals surface area contributed by atoms with Gasteiger partial charge in [0.2, 0.25) is 0 Å². The van der Waals surface area contributed by atoms with E-state index in [1.807, 2.05) is 18.5 Å². The summed E-state index contributed by atoms with van der Waals surface area (Å²) >= 11 is 0. The van der Waals surface area contributed by atoms with E-state index in [1.165, 1.54) is 11.3 Å². The summed E-state index contributed by atoms with van der Waals surface area (Å²) in [5, 5.41) is 0. The second kappa shape index (κ2) is 2.61. The fourth-order valence-electron chi connectivity index (χ4n) is 2.03. The van der Waals surface area contributed by atoms with E-state index in [0.717, 1.165) is 24.4 Å². The number of hydrogen-bond donors (Lipinski definition) is 1. The first-order chi connectivity index (χ1) is 6.84. The molecule has 0 fully saturated rings. The largest absolute Gasteiger partial charge is 0.399 e. The second-order valence-electron chi connectivity index (χ2n) is 3.60. The van der Waals surface area contributed by atoms with Gasteiger partial charge in [-0.15, -0.1) is 0 Å². The molecule has 3 heteroatoms. The van der Waals surface area contributed by atoms with E-state index in [9.17, 15) is 0 Å². The number of fused-ring (bicyclic) bond motifs is 3. The third-order valence-electron chi connectivity index (χ3n) is 2.70. The number of anilines is 1. The Balaban J connectivity index is 2.26. The first-order valence-corrected chi connectivity index (χ1v) is 4.75. The zero-order valence-corrected chi connectivity index (χ0v) is 7.77. The standard InChI is InChI=1S/C11H11N3/c12-9-2-3-10-8(7-9)1-4-11-13-5-6-14(10)11/h2-3,5-7H,1,4,12H2. The fraction of sp³-hybridized carbons (Fsp3) is 0.182. The normalized spacial score (nSPS) is 13.4. The van der Waals surface area contributed by atoms with Crippen LogP contribution in [-0.4, -0.2) is 9.55 Å². The van der Waals surface area contributed by atoms with Crippen LogP contribution in [0.5, 0.6) is 0 Å². The molecule has 0 unspecified atom stereocenters. The lowest BCUT2D eigenvalue weighted by Gasteiger charge is -2.18. The van der Waals surface area contributed by atoms with Gasteiger partial charge in [0.1, 0.15) is 5.82 Å². The van der Waals surface area contributed by atoms with Crippen molar-refractivity contribution in [2.75, 3.05) is 5.73 Å². The average Bonchev–Trinajstić information content (AvgIpc) is 2.65. The molecule has 0 bridgehead atoms. The third kappa shape index (κ3) is 0.954. The zero-order valence-electron chi connectivity index (χ0n) is 7.77. The molecule has 0 atom stereocenters. The van der Waals surface area contributed by atoms with Crippen LogP contribution in [0.15, 0.2) is 30.6 Å². The smallest absolute Gasteiger partial charge is 0.113 e. The Morgan fingerprint density at radius 1 is 1.29 bits per heavy atom. The predicted octanol–water partition coefficient (Wildman–Crippen LogP) is 1.55. The van der Waals surface area contributed by atoms with Gasteiger partial charge >= 0.3 is 0 Å². The first-order valence-electron chi connectivity index (χ1n) is 4.75. The van der Waals surface area contributed by atoms with Crippen LogP contribution in [0.3, 0.4) is 0 Å². The van der Waals surface area contributed by atoms with Gasteiger partial charge in [-0.05, 0) is 30.2 Å². The van der Waals surface area contributed by atoms with Crippen molar-refractivity contribution in [3.63, 3.8) is 0 Å². The van der Waals surface area contributed by atoms with Gasteiger partial charge in [-0.3, -0.25) is 0 Å². The van der Waals surface area contributed by atoms with E-state index in [2.05, 4.69) is 21.7 Å². The summed E-state index contributed by atoms with van der Waals surface area (Å²) in [5.74, 6) is 1.14. The molecule has 1 aromatic carbocycles. The van der Waals surface area contributed by atoms with Crippen LogP contribution < -0.4 is 5.73 Å². The molecule has 1 aromatic heterocycles. The van der Waals surface area contributed by atoms with Crippen molar-refractivity contribution in [3.8, 4) is 5.69 Å². The van der Waals surface area contributed by atoms with E-state index in [0.29, 0.717) is 0 Å². The number of nitrogen functional groups attached to an aromatic ring is 1. The molecule has 0 aliphatic carbocycles. The van der Waals surface area contributed by atoms with Crippen molar-refractivity contribution in [3.05, 3.63) is 42.0 Å². The molecule has 0 saturated carbocycles. The van der Waals surface area contributed by atoms with Gasteiger partial charge in [0, 0.05) is 24.5 Å². The minimum Gasteiger partial charge on any atom is -0.399 e. The van der Waals surface area contributed by atoms with Crippen molar-refractivity contribution in [2.45, 2.75) is 12.8 Å². The summed E-state index contributed by atoms with van der Waals surface area (Å²) in [6.45, 7) is 0. The molecular formula is C11H11N3. The zero-order chi connectivity index (χ0) is 9.54. The fourth-order valence-corrected chi connectivity index (χ4v) is 2.03. The van der Waals surface area contributed by atoms with E-state index < -0.39 is 0 Å². The maximum absolute atomic E-state index is 5.75. The van der Waals surface area contributed by atoms with Gasteiger partial charge in [0.15, 0.2) is 0 Å². The Morgan fingerprint density at radius 2 is 2.21 bits per heavy atom. The Kier molecular flexibility index (Phi) is 1.42. The minimum absolute atomic E-state index is 0.840. The van der Waals surface area contributed by atoms with Crippen LogP contribution in [-0.2, 0) is 12.8 Å². The summed E-state index contributed by atoms with van der Waals surface area (Å²) in [6.07, 6.45) is 5.89. The number of aryl methyl sites for hydroxylation is 2. The van der Waals surface area contributed by atoms with Crippen LogP contribution in [0, 0.1) is 0 Å². The number of imidazole rings is 1. The average molecular weight is 185 g/mol. The molecule has 2 heterocycles. The lowest BCUT2D eigenvalue weighted by Crippen LogP contribution is -2.11. The summed E-state index contributed by atoms with van der Waals surface area (Å²) < 4.78 is 2.14. The quantitative estimate of drug-likeness (QED) is 0.633. The monoisotopic (exact) mass is 185 g/mol. The molecule has 0 spiro atoms. The van der Waals surface area contributed by atoms with Crippen LogP contribution in [0.1, 0.15) is 11.4 Å². The number of nitrogens with two attached hydrogens (primary N) is 1. The highest BCUT2D eigenvalue weighted by atomic mass is 15.1. The minimum atomic E-state index is 0.840. The number of rotatable bonds is 0. The maximum atomic E-state index is 5.75. The highest BCUT2D eigenvalue weighted by Crippen LogP contribution is 2.25. The number of hydrogen-bond acceptors (Lipinski definition) is 2. The Hall–Kier alpha value is -1.77. The molecule has 0 radical (unpaired) electrons. The van der Waals surface area contributed by atoms with Crippen molar-refractivity contribution in [1.82, 2.24) is 9.55 Å². The van der Waals surface area contributed by atoms with Crippen LogP contribution in [0.4, 0.5) is 5.69 Å². The summed E-state index contributed by atoms with van der Waals surface area (Å²) in [7, 11) is 0. The number of nitrogens with zero attached hydrogens (tertiary/aromatic N) is 2. The highest BCUT2D eigenvalue weighted by Gasteiger charge is 2.15. The lowest BCUT2D eigenvalue weighted by molar-refractivity contribution is 0.778. The Labute approximate surface area is 82.2 Å². The van der Waals surface area contributed by atoms with Gasteiger partial charge in [0.05, 0.1) is 5.69 Å². The van der Waals surface area contributed by atoms with Crippen molar-refractivity contribution < 1.29 is 0 Å². The summed E-state index contributed by atoms with van der Waals surface area (Å²) in [5.41, 5.74) is 9.13. The van der Waals surface area contributed by atoms with Crippen molar-refractivity contribution in [1.29, 1.82) is 0 Å². The van der Waals surface area contributed by atoms with Crippen LogP contribution >= 0.6 is 0 Å². The second-order valence-corrected chi connectivity index (χ2v) is 3.60. The molecule has 0 saturated heterocycles. The molecular weight excluding hydrogens is 174 g/mol. The predicted molar refractivity (Wildman–Crippen MR) is 55.4 cm³/mol. The molecule has 1 aliphatic heterocycles. The van der Waals surface area contributed by atoms with Crippen molar-refractivity contribution in [2.24, 2.45) is 0 Å². The topological polar surface area (TPSA) is 43.8 Å². The van der Waals surface area contributed by atoms with Gasteiger partial charge in [-0.1, -0.05) is 0 Å². The Morgan fingerprint density at radius 3 is 3.14 bits per heavy atom. The van der Waals surface area contributed by atoms with Gasteiger partial charge < -0.3 is 10.3 Å². The molecule has 14 heavy (non-hydrogen) atoms. The molecule has 3 rings (SSSR count). The van der Waals surface area contributed by atoms with Gasteiger partial charge in [0.25, 0.3) is 0 Å². The molecule has 70 valence electrons. The van der Waals surface area contributed by atoms with E-state index >= 15 is 0 Å². The number of benzene rings is 1. The van der Waals surface area contributed by atoms with Crippen LogP contribution in [0.25, 0.3) is 5.69 Å². The Bertz CT molecular complexity index is 485. The van der Waals surface area contributed by atoms with Crippen LogP contribution in [0.2, 0.25) is 0 Å². The number of aromatic nitrogens is 2. The first kappa shape index (κ1) is 7.62. The van der Waals surface area contributed by atoms with Gasteiger partial charge in [-0.25, -0.2) is 4.98 Å². The third-order valence-corrected chi connectivity index (χ3v) is 2.70. The van der Waals surface area contributed by atoms with Crippen molar-refractivity contribution >= 4 is 5.69 Å². The molecule has 1 aliphatic rings.